The van der Waals surface area contributed by atoms with Crippen molar-refractivity contribution in [1.29, 1.82) is 0 Å². The third-order valence-electron chi connectivity index (χ3n) is 3.82. The maximum atomic E-state index is 9.55. The van der Waals surface area contributed by atoms with E-state index < -0.39 is 11.9 Å². The average molecular weight is 387 g/mol. The van der Waals surface area contributed by atoms with Crippen LogP contribution in [0.3, 0.4) is 0 Å². The van der Waals surface area contributed by atoms with Gasteiger partial charge in [-0.15, -0.1) is 0 Å². The minimum atomic E-state index is -1.26. The highest BCUT2D eigenvalue weighted by atomic mass is 16.4. The second-order valence-electron chi connectivity index (χ2n) is 6.12. The van der Waals surface area contributed by atoms with E-state index in [4.69, 9.17) is 10.2 Å². The molecule has 0 aromatic heterocycles. The molecule has 0 aliphatic rings. The fraction of sp³-hybridized carbons (Fsp3) is 0.238. The summed E-state index contributed by atoms with van der Waals surface area (Å²) in [7, 11) is 2.10. The van der Waals surface area contributed by atoms with Gasteiger partial charge in [-0.3, -0.25) is 0 Å². The summed E-state index contributed by atoms with van der Waals surface area (Å²) in [5.74, 6) is -2.62. The highest BCUT2D eigenvalue weighted by molar-refractivity contribution is 5.89. The molecule has 28 heavy (non-hydrogen) atoms. The van der Waals surface area contributed by atoms with E-state index in [1.807, 2.05) is 12.1 Å². The first-order valence-corrected chi connectivity index (χ1v) is 8.65. The molecule has 0 aliphatic heterocycles. The van der Waals surface area contributed by atoms with Crippen molar-refractivity contribution in [2.75, 3.05) is 20.1 Å². The molecule has 0 saturated heterocycles. The van der Waals surface area contributed by atoms with Gasteiger partial charge in [0.15, 0.2) is 11.5 Å². The number of rotatable bonds is 8. The molecule has 0 saturated carbocycles. The van der Waals surface area contributed by atoms with Crippen molar-refractivity contribution in [3.05, 3.63) is 71.8 Å². The molecular weight excluding hydrogens is 362 g/mol. The van der Waals surface area contributed by atoms with E-state index >= 15 is 0 Å². The van der Waals surface area contributed by atoms with Crippen LogP contribution in [0.1, 0.15) is 11.1 Å². The Hall–Kier alpha value is -3.32. The molecule has 0 spiro atoms. The summed E-state index contributed by atoms with van der Waals surface area (Å²) in [5.41, 5.74) is 2.38. The largest absolute Gasteiger partial charge is 0.504 e. The van der Waals surface area contributed by atoms with Crippen molar-refractivity contribution < 1.29 is 30.0 Å². The first kappa shape index (κ1) is 22.7. The molecule has 2 rings (SSSR count). The summed E-state index contributed by atoms with van der Waals surface area (Å²) in [5, 5.41) is 34.3. The fourth-order valence-corrected chi connectivity index (χ4v) is 2.26. The number of carboxylic acid groups (broad SMARTS) is 2. The van der Waals surface area contributed by atoms with E-state index in [1.165, 1.54) is 11.6 Å². The Morgan fingerprint density at radius 3 is 1.86 bits per heavy atom. The number of aromatic hydroxyl groups is 2. The molecule has 0 atom stereocenters. The SMILES string of the molecule is CN(CCc1ccccc1)CCc1ccc(O)c(O)c1.O=C(O)/C=C/C(=O)O. The number of likely N-dealkylation sites (N-methyl/N-ethyl adjacent to an activating group) is 1. The van der Waals surface area contributed by atoms with E-state index in [-0.39, 0.29) is 11.5 Å². The second-order valence-corrected chi connectivity index (χ2v) is 6.12. The third kappa shape index (κ3) is 9.98. The predicted molar refractivity (Wildman–Crippen MR) is 106 cm³/mol. The molecule has 2 aromatic rings. The molecule has 0 heterocycles. The van der Waals surface area contributed by atoms with Crippen LogP contribution in [0.15, 0.2) is 60.7 Å². The van der Waals surface area contributed by atoms with Gasteiger partial charge in [-0.1, -0.05) is 36.4 Å². The maximum absolute atomic E-state index is 9.55. The van der Waals surface area contributed by atoms with Crippen LogP contribution < -0.4 is 0 Å². The van der Waals surface area contributed by atoms with Gasteiger partial charge < -0.3 is 25.3 Å². The lowest BCUT2D eigenvalue weighted by Crippen LogP contribution is -2.23. The Bertz CT molecular complexity index is 773. The summed E-state index contributed by atoms with van der Waals surface area (Å²) in [6.07, 6.45) is 3.02. The van der Waals surface area contributed by atoms with Gasteiger partial charge in [0.2, 0.25) is 0 Å². The number of benzene rings is 2. The summed E-state index contributed by atoms with van der Waals surface area (Å²) >= 11 is 0. The Labute approximate surface area is 163 Å². The molecular formula is C21H25NO6. The Balaban J connectivity index is 0.000000416. The van der Waals surface area contributed by atoms with E-state index in [0.717, 1.165) is 31.5 Å². The van der Waals surface area contributed by atoms with Crippen LogP contribution in [-0.4, -0.2) is 57.4 Å². The van der Waals surface area contributed by atoms with Crippen LogP contribution in [0.2, 0.25) is 0 Å². The smallest absolute Gasteiger partial charge is 0.328 e. The van der Waals surface area contributed by atoms with Gasteiger partial charge in [-0.25, -0.2) is 9.59 Å². The van der Waals surface area contributed by atoms with E-state index in [9.17, 15) is 19.8 Å². The van der Waals surface area contributed by atoms with Gasteiger partial charge in [0.25, 0.3) is 0 Å². The number of aliphatic carboxylic acids is 2. The van der Waals surface area contributed by atoms with Gasteiger partial charge in [-0.05, 0) is 43.1 Å². The topological polar surface area (TPSA) is 118 Å². The first-order chi connectivity index (χ1) is 13.3. The van der Waals surface area contributed by atoms with Crippen molar-refractivity contribution >= 4 is 11.9 Å². The summed E-state index contributed by atoms with van der Waals surface area (Å²) in [4.78, 5) is 21.4. The molecule has 0 bridgehead atoms. The van der Waals surface area contributed by atoms with Gasteiger partial charge >= 0.3 is 11.9 Å². The summed E-state index contributed by atoms with van der Waals surface area (Å²) < 4.78 is 0. The molecule has 0 aliphatic carbocycles. The summed E-state index contributed by atoms with van der Waals surface area (Å²) in [6.45, 7) is 1.94. The molecule has 0 unspecified atom stereocenters. The minimum absolute atomic E-state index is 0.0468. The lowest BCUT2D eigenvalue weighted by Gasteiger charge is -2.16. The number of carboxylic acids is 2. The number of nitrogens with zero attached hydrogens (tertiary/aromatic N) is 1. The average Bonchev–Trinajstić information content (AvgIpc) is 2.67. The zero-order valence-electron chi connectivity index (χ0n) is 15.7. The van der Waals surface area contributed by atoms with Crippen LogP contribution in [0, 0.1) is 0 Å². The fourth-order valence-electron chi connectivity index (χ4n) is 2.26. The number of phenolic OH excluding ortho intramolecular Hbond substituents is 2. The number of hydrogen-bond donors (Lipinski definition) is 4. The van der Waals surface area contributed by atoms with Gasteiger partial charge in [0.1, 0.15) is 0 Å². The lowest BCUT2D eigenvalue weighted by atomic mass is 10.1. The van der Waals surface area contributed by atoms with Crippen molar-refractivity contribution in [2.45, 2.75) is 12.8 Å². The Morgan fingerprint density at radius 1 is 0.821 bits per heavy atom. The molecule has 0 fully saturated rings. The molecule has 7 nitrogen and oxygen atoms in total. The van der Waals surface area contributed by atoms with Crippen molar-refractivity contribution in [3.63, 3.8) is 0 Å². The van der Waals surface area contributed by atoms with Crippen LogP contribution >= 0.6 is 0 Å². The minimum Gasteiger partial charge on any atom is -0.504 e. The number of hydrogen-bond acceptors (Lipinski definition) is 5. The monoisotopic (exact) mass is 387 g/mol. The van der Waals surface area contributed by atoms with Crippen LogP contribution in [0.5, 0.6) is 11.5 Å². The lowest BCUT2D eigenvalue weighted by molar-refractivity contribution is -0.134. The number of phenols is 2. The van der Waals surface area contributed by atoms with Gasteiger partial charge in [0, 0.05) is 25.2 Å². The molecule has 150 valence electrons. The predicted octanol–water partition coefficient (Wildman–Crippen LogP) is 2.53. The van der Waals surface area contributed by atoms with Crippen molar-refractivity contribution in [2.24, 2.45) is 0 Å². The van der Waals surface area contributed by atoms with Crippen LogP contribution in [-0.2, 0) is 22.4 Å². The second kappa shape index (κ2) is 12.1. The third-order valence-corrected chi connectivity index (χ3v) is 3.82. The standard InChI is InChI=1S/C17H21NO2.C4H4O4/c1-18(11-9-14-5-3-2-4-6-14)12-10-15-7-8-16(19)17(20)13-15;5-3(6)1-2-4(7)8/h2-8,13,19-20H,9-12H2,1H3;1-2H,(H,5,6)(H,7,8)/b;2-1+. The van der Waals surface area contributed by atoms with Crippen LogP contribution in [0.4, 0.5) is 0 Å². The molecule has 2 aromatic carbocycles. The van der Waals surface area contributed by atoms with E-state index in [2.05, 4.69) is 36.2 Å². The summed E-state index contributed by atoms with van der Waals surface area (Å²) in [6, 6.07) is 15.5. The quantitative estimate of drug-likeness (QED) is 0.406. The zero-order valence-corrected chi connectivity index (χ0v) is 15.7. The van der Waals surface area contributed by atoms with Gasteiger partial charge in [-0.2, -0.15) is 0 Å². The Kier molecular flexibility index (Phi) is 9.85. The Morgan fingerprint density at radius 2 is 1.36 bits per heavy atom. The van der Waals surface area contributed by atoms with E-state index in [1.54, 1.807) is 6.07 Å². The normalized spacial score (nSPS) is 10.5. The highest BCUT2D eigenvalue weighted by Gasteiger charge is 2.03. The van der Waals surface area contributed by atoms with Gasteiger partial charge in [0.05, 0.1) is 0 Å². The molecule has 0 amide bonds. The highest BCUT2D eigenvalue weighted by Crippen LogP contribution is 2.25. The molecule has 0 radical (unpaired) electrons. The molecule has 7 heteroatoms. The van der Waals surface area contributed by atoms with Crippen molar-refractivity contribution in [3.8, 4) is 11.5 Å². The van der Waals surface area contributed by atoms with Crippen LogP contribution in [0.25, 0.3) is 0 Å². The molecule has 4 N–H and O–H groups in total. The maximum Gasteiger partial charge on any atom is 0.328 e. The van der Waals surface area contributed by atoms with E-state index in [0.29, 0.717) is 12.2 Å². The zero-order chi connectivity index (χ0) is 20.9. The number of carbonyl (C=O) groups is 2. The van der Waals surface area contributed by atoms with Crippen molar-refractivity contribution in [1.82, 2.24) is 4.90 Å². The first-order valence-electron chi connectivity index (χ1n) is 8.65.